The van der Waals surface area contributed by atoms with Crippen LogP contribution in [0.2, 0.25) is 0 Å². The van der Waals surface area contributed by atoms with Crippen molar-refractivity contribution in [3.63, 3.8) is 0 Å². The Morgan fingerprint density at radius 2 is 1.57 bits per heavy atom. The summed E-state index contributed by atoms with van der Waals surface area (Å²) in [6.45, 7) is 12.6. The van der Waals surface area contributed by atoms with E-state index in [0.29, 0.717) is 0 Å². The smallest absolute Gasteiger partial charge is 0.134 e. The number of nitrogens with zero attached hydrogens (tertiary/aromatic N) is 2. The molecule has 0 amide bonds. The molecule has 2 N–H and O–H groups in total. The SMILES string of the molecule is CCCNc1nc(C)nc(NCC(CC)(CC)SC)c1C. The van der Waals surface area contributed by atoms with Gasteiger partial charge in [0.15, 0.2) is 0 Å². The van der Waals surface area contributed by atoms with E-state index in [4.69, 9.17) is 0 Å². The molecular weight excluding hydrogens is 280 g/mol. The Labute approximate surface area is 133 Å². The molecule has 0 aromatic carbocycles. The minimum Gasteiger partial charge on any atom is -0.370 e. The molecule has 21 heavy (non-hydrogen) atoms. The van der Waals surface area contributed by atoms with Gasteiger partial charge in [0.2, 0.25) is 0 Å². The van der Waals surface area contributed by atoms with Crippen molar-refractivity contribution in [1.82, 2.24) is 9.97 Å². The number of aryl methyl sites for hydroxylation is 1. The van der Waals surface area contributed by atoms with Crippen LogP contribution in [0.4, 0.5) is 11.6 Å². The van der Waals surface area contributed by atoms with E-state index in [0.717, 1.165) is 55.4 Å². The van der Waals surface area contributed by atoms with Gasteiger partial charge in [-0.15, -0.1) is 0 Å². The molecule has 0 unspecified atom stereocenters. The lowest BCUT2D eigenvalue weighted by molar-refractivity contribution is 0.573. The van der Waals surface area contributed by atoms with Crippen LogP contribution in [0.15, 0.2) is 0 Å². The van der Waals surface area contributed by atoms with Crippen molar-refractivity contribution < 1.29 is 0 Å². The molecule has 0 radical (unpaired) electrons. The monoisotopic (exact) mass is 310 g/mol. The fraction of sp³-hybridized carbons (Fsp3) is 0.750. The van der Waals surface area contributed by atoms with Gasteiger partial charge in [-0.25, -0.2) is 9.97 Å². The number of hydrogen-bond acceptors (Lipinski definition) is 5. The van der Waals surface area contributed by atoms with Crippen LogP contribution in [0.5, 0.6) is 0 Å². The van der Waals surface area contributed by atoms with Gasteiger partial charge < -0.3 is 10.6 Å². The molecule has 0 aliphatic heterocycles. The van der Waals surface area contributed by atoms with Crippen molar-refractivity contribution in [2.24, 2.45) is 0 Å². The zero-order valence-electron chi connectivity index (χ0n) is 14.3. The lowest BCUT2D eigenvalue weighted by Crippen LogP contribution is -2.32. The molecule has 0 saturated heterocycles. The zero-order valence-corrected chi connectivity index (χ0v) is 15.2. The Balaban J connectivity index is 2.90. The lowest BCUT2D eigenvalue weighted by atomic mass is 10.0. The van der Waals surface area contributed by atoms with Crippen molar-refractivity contribution in [2.45, 2.75) is 58.6 Å². The molecule has 1 rings (SSSR count). The normalized spacial score (nSPS) is 11.5. The van der Waals surface area contributed by atoms with E-state index in [-0.39, 0.29) is 4.75 Å². The van der Waals surface area contributed by atoms with Gasteiger partial charge in [-0.1, -0.05) is 20.8 Å². The highest BCUT2D eigenvalue weighted by Gasteiger charge is 2.25. The van der Waals surface area contributed by atoms with Crippen LogP contribution in [0, 0.1) is 13.8 Å². The molecule has 0 spiro atoms. The lowest BCUT2D eigenvalue weighted by Gasteiger charge is -2.30. The molecule has 120 valence electrons. The van der Waals surface area contributed by atoms with Crippen LogP contribution in [0.25, 0.3) is 0 Å². The van der Waals surface area contributed by atoms with E-state index >= 15 is 0 Å². The van der Waals surface area contributed by atoms with E-state index in [1.54, 1.807) is 0 Å². The van der Waals surface area contributed by atoms with Gasteiger partial charge in [0.1, 0.15) is 17.5 Å². The number of hydrogen-bond donors (Lipinski definition) is 2. The predicted octanol–water partition coefficient (Wildman–Crippen LogP) is 4.25. The molecule has 1 aromatic heterocycles. The third-order valence-corrected chi connectivity index (χ3v) is 5.69. The molecule has 4 nitrogen and oxygen atoms in total. The van der Waals surface area contributed by atoms with Crippen molar-refractivity contribution in [1.29, 1.82) is 0 Å². The Morgan fingerprint density at radius 3 is 2.05 bits per heavy atom. The third-order valence-electron chi connectivity index (χ3n) is 4.10. The Morgan fingerprint density at radius 1 is 1.00 bits per heavy atom. The molecule has 1 aromatic rings. The second-order valence-electron chi connectivity index (χ2n) is 5.47. The van der Waals surface area contributed by atoms with Crippen molar-refractivity contribution in [3.8, 4) is 0 Å². The van der Waals surface area contributed by atoms with E-state index in [1.165, 1.54) is 0 Å². The fourth-order valence-electron chi connectivity index (χ4n) is 2.32. The van der Waals surface area contributed by atoms with Gasteiger partial charge in [-0.3, -0.25) is 0 Å². The summed E-state index contributed by atoms with van der Waals surface area (Å²) >= 11 is 1.94. The first kappa shape index (κ1) is 18.1. The standard InChI is InChI=1S/C16H30N4S/c1-7-10-17-14-12(4)15(20-13(5)19-14)18-11-16(8-2,9-3)21-6/h7-11H2,1-6H3,(H2,17,18,19,20). The van der Waals surface area contributed by atoms with Gasteiger partial charge in [0.25, 0.3) is 0 Å². The summed E-state index contributed by atoms with van der Waals surface area (Å²) in [6.07, 6.45) is 5.59. The van der Waals surface area contributed by atoms with E-state index in [2.05, 4.69) is 54.6 Å². The highest BCUT2D eigenvalue weighted by atomic mass is 32.2. The minimum atomic E-state index is 0.280. The average Bonchev–Trinajstić information content (AvgIpc) is 2.50. The van der Waals surface area contributed by atoms with Crippen LogP contribution in [0.1, 0.15) is 51.4 Å². The largest absolute Gasteiger partial charge is 0.370 e. The molecule has 0 aliphatic rings. The number of nitrogens with one attached hydrogen (secondary N) is 2. The highest BCUT2D eigenvalue weighted by Crippen LogP contribution is 2.31. The summed E-state index contributed by atoms with van der Waals surface area (Å²) in [5.74, 6) is 2.72. The Hall–Kier alpha value is -0.970. The highest BCUT2D eigenvalue weighted by molar-refractivity contribution is 8.00. The maximum Gasteiger partial charge on any atom is 0.134 e. The quantitative estimate of drug-likeness (QED) is 0.714. The molecule has 5 heteroatoms. The number of aromatic nitrogens is 2. The first-order valence-electron chi connectivity index (χ1n) is 7.90. The topological polar surface area (TPSA) is 49.8 Å². The van der Waals surface area contributed by atoms with E-state index in [9.17, 15) is 0 Å². The van der Waals surface area contributed by atoms with Gasteiger partial charge in [0, 0.05) is 23.4 Å². The van der Waals surface area contributed by atoms with Crippen LogP contribution in [0.3, 0.4) is 0 Å². The molecule has 0 saturated carbocycles. The maximum absolute atomic E-state index is 4.58. The second kappa shape index (κ2) is 8.47. The Kier molecular flexibility index (Phi) is 7.29. The maximum atomic E-state index is 4.58. The van der Waals surface area contributed by atoms with E-state index in [1.807, 2.05) is 18.7 Å². The van der Waals surface area contributed by atoms with E-state index < -0.39 is 0 Å². The van der Waals surface area contributed by atoms with Crippen LogP contribution in [-0.4, -0.2) is 34.1 Å². The van der Waals surface area contributed by atoms with Gasteiger partial charge in [-0.2, -0.15) is 11.8 Å². The van der Waals surface area contributed by atoms with Gasteiger partial charge in [-0.05, 0) is 39.4 Å². The van der Waals surface area contributed by atoms with Crippen LogP contribution >= 0.6 is 11.8 Å². The number of thioether (sulfide) groups is 1. The summed E-state index contributed by atoms with van der Waals surface area (Å²) in [5.41, 5.74) is 1.11. The zero-order chi connectivity index (χ0) is 15.9. The van der Waals surface area contributed by atoms with Crippen molar-refractivity contribution in [2.75, 3.05) is 30.0 Å². The fourth-order valence-corrected chi connectivity index (χ4v) is 3.12. The summed E-state index contributed by atoms with van der Waals surface area (Å²) in [5, 5.41) is 6.94. The van der Waals surface area contributed by atoms with Crippen molar-refractivity contribution in [3.05, 3.63) is 11.4 Å². The molecule has 0 aliphatic carbocycles. The minimum absolute atomic E-state index is 0.280. The number of anilines is 2. The predicted molar refractivity (Wildman–Crippen MR) is 95.6 cm³/mol. The average molecular weight is 311 g/mol. The number of rotatable bonds is 9. The van der Waals surface area contributed by atoms with Crippen molar-refractivity contribution >= 4 is 23.4 Å². The second-order valence-corrected chi connectivity index (χ2v) is 6.74. The molecular formula is C16H30N4S. The summed E-state index contributed by atoms with van der Waals surface area (Å²) < 4.78 is 0.280. The molecule has 0 bridgehead atoms. The summed E-state index contributed by atoms with van der Waals surface area (Å²) in [6, 6.07) is 0. The van der Waals surface area contributed by atoms with Crippen LogP contribution < -0.4 is 10.6 Å². The molecule has 1 heterocycles. The first-order valence-corrected chi connectivity index (χ1v) is 9.12. The van der Waals surface area contributed by atoms with Crippen LogP contribution in [-0.2, 0) is 0 Å². The summed E-state index contributed by atoms with van der Waals surface area (Å²) in [7, 11) is 0. The van der Waals surface area contributed by atoms with Gasteiger partial charge in [0.05, 0.1) is 0 Å². The molecule has 0 fully saturated rings. The summed E-state index contributed by atoms with van der Waals surface area (Å²) in [4.78, 5) is 9.08. The first-order chi connectivity index (χ1) is 10.0. The Bertz CT molecular complexity index is 436. The molecule has 0 atom stereocenters. The van der Waals surface area contributed by atoms with Gasteiger partial charge >= 0.3 is 0 Å². The third kappa shape index (κ3) is 4.77.